The van der Waals surface area contributed by atoms with E-state index in [9.17, 15) is 4.79 Å². The average Bonchev–Trinajstić information content (AvgIpc) is 2.60. The molecule has 0 bridgehead atoms. The second-order valence-corrected chi connectivity index (χ2v) is 8.16. The third kappa shape index (κ3) is 5.85. The van der Waals surface area contributed by atoms with Crippen LogP contribution in [0, 0.1) is 5.41 Å². The number of carbonyl (C=O) groups is 1. The van der Waals surface area contributed by atoms with Crippen molar-refractivity contribution < 1.29 is 9.53 Å². The number of amides is 1. The summed E-state index contributed by atoms with van der Waals surface area (Å²) in [6.45, 7) is 15.9. The van der Waals surface area contributed by atoms with Crippen molar-refractivity contribution >= 4 is 6.09 Å². The van der Waals surface area contributed by atoms with E-state index >= 15 is 0 Å². The molecule has 0 aliphatic heterocycles. The van der Waals surface area contributed by atoms with Crippen molar-refractivity contribution in [3.8, 4) is 0 Å². The lowest BCUT2D eigenvalue weighted by Gasteiger charge is -2.32. The van der Waals surface area contributed by atoms with Crippen molar-refractivity contribution in [2.75, 3.05) is 13.1 Å². The highest BCUT2D eigenvalue weighted by molar-refractivity contribution is 5.68. The van der Waals surface area contributed by atoms with Crippen LogP contribution in [0.2, 0.25) is 0 Å². The zero-order chi connectivity index (χ0) is 16.3. The van der Waals surface area contributed by atoms with Crippen molar-refractivity contribution in [3.05, 3.63) is 0 Å². The Labute approximate surface area is 130 Å². The van der Waals surface area contributed by atoms with Crippen LogP contribution in [0.4, 0.5) is 4.79 Å². The molecule has 124 valence electrons. The summed E-state index contributed by atoms with van der Waals surface area (Å²) >= 11 is 0. The molecule has 1 saturated carbocycles. The molecule has 21 heavy (non-hydrogen) atoms. The van der Waals surface area contributed by atoms with Gasteiger partial charge < -0.3 is 15.0 Å². The molecule has 0 aromatic carbocycles. The minimum absolute atomic E-state index is 0.151. The van der Waals surface area contributed by atoms with Crippen LogP contribution in [0.1, 0.15) is 67.7 Å². The second kappa shape index (κ2) is 6.99. The highest BCUT2D eigenvalue weighted by atomic mass is 16.6. The van der Waals surface area contributed by atoms with Gasteiger partial charge in [-0.3, -0.25) is 0 Å². The third-order valence-electron chi connectivity index (χ3n) is 4.25. The molecule has 0 heterocycles. The Morgan fingerprint density at radius 2 is 2.00 bits per heavy atom. The average molecular weight is 298 g/mol. The van der Waals surface area contributed by atoms with E-state index in [1.54, 1.807) is 4.90 Å². The first-order valence-electron chi connectivity index (χ1n) is 8.26. The van der Waals surface area contributed by atoms with Crippen molar-refractivity contribution in [1.29, 1.82) is 0 Å². The van der Waals surface area contributed by atoms with Crippen molar-refractivity contribution in [1.82, 2.24) is 10.2 Å². The largest absolute Gasteiger partial charge is 0.444 e. The van der Waals surface area contributed by atoms with Crippen LogP contribution >= 0.6 is 0 Å². The topological polar surface area (TPSA) is 41.6 Å². The Balaban J connectivity index is 2.47. The summed E-state index contributed by atoms with van der Waals surface area (Å²) in [4.78, 5) is 14.0. The smallest absolute Gasteiger partial charge is 0.410 e. The van der Waals surface area contributed by atoms with Gasteiger partial charge in [0.1, 0.15) is 5.60 Å². The van der Waals surface area contributed by atoms with Gasteiger partial charge in [-0.1, -0.05) is 20.3 Å². The number of nitrogens with one attached hydrogen (secondary N) is 1. The normalized spacial score (nSPS) is 21.6. The molecule has 1 rings (SSSR count). The van der Waals surface area contributed by atoms with Crippen LogP contribution < -0.4 is 5.32 Å². The Kier molecular flexibility index (Phi) is 6.09. The van der Waals surface area contributed by atoms with Crippen LogP contribution in [0.3, 0.4) is 0 Å². The summed E-state index contributed by atoms with van der Waals surface area (Å²) < 4.78 is 5.48. The molecule has 0 radical (unpaired) electrons. The van der Waals surface area contributed by atoms with Gasteiger partial charge in [0.2, 0.25) is 0 Å². The van der Waals surface area contributed by atoms with Crippen molar-refractivity contribution in [2.24, 2.45) is 5.41 Å². The highest BCUT2D eigenvalue weighted by Crippen LogP contribution is 2.36. The molecular formula is C17H34N2O2. The number of rotatable bonds is 5. The van der Waals surface area contributed by atoms with E-state index in [2.05, 4.69) is 19.2 Å². The molecule has 4 heteroatoms. The van der Waals surface area contributed by atoms with E-state index in [0.29, 0.717) is 18.0 Å². The molecule has 1 fully saturated rings. The molecule has 0 spiro atoms. The molecule has 1 amide bonds. The SMILES string of the molecule is CC(C)N(CCNC1CCCC1(C)C)C(=O)OC(C)(C)C. The Morgan fingerprint density at radius 3 is 2.43 bits per heavy atom. The second-order valence-electron chi connectivity index (χ2n) is 8.16. The Hall–Kier alpha value is -0.770. The molecule has 1 atom stereocenters. The maximum Gasteiger partial charge on any atom is 0.410 e. The zero-order valence-corrected chi connectivity index (χ0v) is 15.0. The Bertz CT molecular complexity index is 345. The molecule has 1 aliphatic rings. The minimum Gasteiger partial charge on any atom is -0.444 e. The molecular weight excluding hydrogens is 264 g/mol. The van der Waals surface area contributed by atoms with E-state index in [1.807, 2.05) is 34.6 Å². The number of nitrogens with zero attached hydrogens (tertiary/aromatic N) is 1. The molecule has 4 nitrogen and oxygen atoms in total. The van der Waals surface area contributed by atoms with E-state index < -0.39 is 5.60 Å². The molecule has 0 aromatic heterocycles. The van der Waals surface area contributed by atoms with Crippen LogP contribution in [0.25, 0.3) is 0 Å². The van der Waals surface area contributed by atoms with Gasteiger partial charge in [-0.25, -0.2) is 4.79 Å². The maximum absolute atomic E-state index is 12.2. The molecule has 0 aromatic rings. The van der Waals surface area contributed by atoms with Gasteiger partial charge in [-0.2, -0.15) is 0 Å². The lowest BCUT2D eigenvalue weighted by molar-refractivity contribution is 0.0190. The Morgan fingerprint density at radius 1 is 1.38 bits per heavy atom. The van der Waals surface area contributed by atoms with Crippen molar-refractivity contribution in [3.63, 3.8) is 0 Å². The van der Waals surface area contributed by atoms with Crippen LogP contribution in [-0.2, 0) is 4.74 Å². The first-order chi connectivity index (χ1) is 9.53. The summed E-state index contributed by atoms with van der Waals surface area (Å²) in [5.74, 6) is 0. The predicted molar refractivity (Wildman–Crippen MR) is 87.5 cm³/mol. The zero-order valence-electron chi connectivity index (χ0n) is 15.0. The first-order valence-corrected chi connectivity index (χ1v) is 8.26. The summed E-state index contributed by atoms with van der Waals surface area (Å²) in [5, 5.41) is 3.63. The minimum atomic E-state index is -0.439. The van der Waals surface area contributed by atoms with E-state index in [-0.39, 0.29) is 12.1 Å². The van der Waals surface area contributed by atoms with E-state index in [0.717, 1.165) is 6.54 Å². The van der Waals surface area contributed by atoms with E-state index in [4.69, 9.17) is 4.74 Å². The van der Waals surface area contributed by atoms with Crippen molar-refractivity contribution in [2.45, 2.75) is 85.4 Å². The third-order valence-corrected chi connectivity index (χ3v) is 4.25. The van der Waals surface area contributed by atoms with Crippen LogP contribution in [-0.4, -0.2) is 41.8 Å². The number of hydrogen-bond donors (Lipinski definition) is 1. The summed E-state index contributed by atoms with van der Waals surface area (Å²) in [5.41, 5.74) is -0.0698. The summed E-state index contributed by atoms with van der Waals surface area (Å²) in [6, 6.07) is 0.711. The van der Waals surface area contributed by atoms with Gasteiger partial charge in [0.25, 0.3) is 0 Å². The van der Waals surface area contributed by atoms with Gasteiger partial charge >= 0.3 is 6.09 Å². The van der Waals surface area contributed by atoms with Gasteiger partial charge in [0, 0.05) is 25.2 Å². The first kappa shape index (κ1) is 18.3. The van der Waals surface area contributed by atoms with Gasteiger partial charge in [-0.05, 0) is 52.9 Å². The predicted octanol–water partition coefficient (Wildman–Crippen LogP) is 3.80. The van der Waals surface area contributed by atoms with Crippen LogP contribution in [0.15, 0.2) is 0 Å². The lowest BCUT2D eigenvalue weighted by atomic mass is 9.87. The molecule has 0 saturated heterocycles. The van der Waals surface area contributed by atoms with Gasteiger partial charge in [-0.15, -0.1) is 0 Å². The maximum atomic E-state index is 12.2. The quantitative estimate of drug-likeness (QED) is 0.839. The number of hydrogen-bond acceptors (Lipinski definition) is 3. The highest BCUT2D eigenvalue weighted by Gasteiger charge is 2.34. The molecule has 1 unspecified atom stereocenters. The summed E-state index contributed by atoms with van der Waals surface area (Å²) in [7, 11) is 0. The van der Waals surface area contributed by atoms with Crippen LogP contribution in [0.5, 0.6) is 0 Å². The van der Waals surface area contributed by atoms with Gasteiger partial charge in [0.05, 0.1) is 0 Å². The molecule has 1 N–H and O–H groups in total. The fourth-order valence-electron chi connectivity index (χ4n) is 2.95. The monoisotopic (exact) mass is 298 g/mol. The standard InChI is InChI=1S/C17H34N2O2/c1-13(2)19(15(20)21-16(3,4)5)12-11-18-14-9-8-10-17(14,6)7/h13-14,18H,8-12H2,1-7H3. The fourth-order valence-corrected chi connectivity index (χ4v) is 2.95. The van der Waals surface area contributed by atoms with E-state index in [1.165, 1.54) is 19.3 Å². The summed E-state index contributed by atoms with van der Waals surface area (Å²) in [6.07, 6.45) is 3.60. The lowest BCUT2D eigenvalue weighted by Crippen LogP contribution is -2.47. The number of carbonyl (C=O) groups excluding carboxylic acids is 1. The van der Waals surface area contributed by atoms with Gasteiger partial charge in [0.15, 0.2) is 0 Å². The molecule has 1 aliphatic carbocycles. The number of ether oxygens (including phenoxy) is 1. The fraction of sp³-hybridized carbons (Fsp3) is 0.941.